The van der Waals surface area contributed by atoms with E-state index in [0.717, 1.165) is 6.42 Å². The summed E-state index contributed by atoms with van der Waals surface area (Å²) < 4.78 is 0. The largest absolute Gasteiger partial charge is 0.396 e. The third kappa shape index (κ3) is 24.1. The Kier molecular flexibility index (Phi) is 31.8. The van der Waals surface area contributed by atoms with Crippen LogP contribution in [0.5, 0.6) is 0 Å². The van der Waals surface area contributed by atoms with Crippen LogP contribution >= 0.6 is 9.90 Å². The van der Waals surface area contributed by atoms with Crippen LogP contribution in [0.3, 0.4) is 0 Å². The molecule has 2 heteroatoms. The van der Waals surface area contributed by atoms with Crippen molar-refractivity contribution < 1.29 is 5.11 Å². The molecule has 0 fully saturated rings. The fourth-order valence-corrected chi connectivity index (χ4v) is 5.73. The molecule has 0 aromatic rings. The molecule has 0 aliphatic carbocycles. The van der Waals surface area contributed by atoms with Gasteiger partial charge in [0.1, 0.15) is 0 Å². The molecule has 34 heavy (non-hydrogen) atoms. The van der Waals surface area contributed by atoms with E-state index in [-0.39, 0.29) is 9.90 Å². The smallest absolute Gasteiger partial charge is 0.0431 e. The molecule has 1 nitrogen and oxygen atoms in total. The van der Waals surface area contributed by atoms with Crippen molar-refractivity contribution in [2.75, 3.05) is 6.61 Å². The first-order chi connectivity index (χ1) is 16.2. The summed E-state index contributed by atoms with van der Waals surface area (Å²) in [5.74, 6) is 0. The van der Waals surface area contributed by atoms with E-state index >= 15 is 0 Å². The van der Waals surface area contributed by atoms with Crippen LogP contribution in [0.4, 0.5) is 0 Å². The third-order valence-electron chi connectivity index (χ3n) is 8.05. The molecule has 0 aliphatic heterocycles. The SMILES string of the molecule is CCCCCCC(CCCCCC)(CCCCCC)CCCCCCCCCCCCCO.[P]. The lowest BCUT2D eigenvalue weighted by Gasteiger charge is -2.35. The van der Waals surface area contributed by atoms with Crippen molar-refractivity contribution in [2.24, 2.45) is 5.41 Å². The first-order valence-corrected chi connectivity index (χ1v) is 15.9. The Labute approximate surface area is 221 Å². The molecule has 0 saturated carbocycles. The standard InChI is InChI=1S/C32H66O.P/c1-4-7-10-22-27-32(28-23-11-8-5-2,29-24-12-9-6-3)30-25-20-18-16-14-13-15-17-19-21-26-31-33;/h33H,4-31H2,1-3H3;. The molecule has 0 spiro atoms. The van der Waals surface area contributed by atoms with Crippen molar-refractivity contribution in [3.8, 4) is 0 Å². The van der Waals surface area contributed by atoms with Crippen LogP contribution in [0.25, 0.3) is 0 Å². The summed E-state index contributed by atoms with van der Waals surface area (Å²) in [6, 6.07) is 0. The Balaban J connectivity index is 0. The normalized spacial score (nSPS) is 11.6. The highest BCUT2D eigenvalue weighted by Crippen LogP contribution is 2.42. The molecule has 0 aromatic carbocycles. The van der Waals surface area contributed by atoms with Crippen LogP contribution in [-0.2, 0) is 0 Å². The Bertz CT molecular complexity index is 326. The fraction of sp³-hybridized carbons (Fsp3) is 1.00. The summed E-state index contributed by atoms with van der Waals surface area (Å²) in [6.45, 7) is 7.41. The van der Waals surface area contributed by atoms with Gasteiger partial charge in [-0.1, -0.05) is 162 Å². The number of aliphatic hydroxyl groups excluding tert-OH is 1. The molecular weight excluding hydrogens is 431 g/mol. The van der Waals surface area contributed by atoms with Gasteiger partial charge in [0.25, 0.3) is 0 Å². The first-order valence-electron chi connectivity index (χ1n) is 15.9. The van der Waals surface area contributed by atoms with E-state index in [9.17, 15) is 0 Å². The molecule has 205 valence electrons. The Morgan fingerprint density at radius 2 is 0.588 bits per heavy atom. The third-order valence-corrected chi connectivity index (χ3v) is 8.05. The van der Waals surface area contributed by atoms with E-state index in [2.05, 4.69) is 20.8 Å². The molecule has 0 bridgehead atoms. The Morgan fingerprint density at radius 1 is 0.353 bits per heavy atom. The van der Waals surface area contributed by atoms with Crippen LogP contribution in [0.2, 0.25) is 0 Å². The first kappa shape index (κ1) is 36.5. The molecule has 0 saturated heterocycles. The fourth-order valence-electron chi connectivity index (χ4n) is 5.73. The van der Waals surface area contributed by atoms with Gasteiger partial charge in [0.2, 0.25) is 0 Å². The van der Waals surface area contributed by atoms with Crippen molar-refractivity contribution in [3.05, 3.63) is 0 Å². The van der Waals surface area contributed by atoms with E-state index in [0.29, 0.717) is 12.0 Å². The van der Waals surface area contributed by atoms with Crippen molar-refractivity contribution >= 4 is 9.90 Å². The van der Waals surface area contributed by atoms with Gasteiger partial charge in [-0.05, 0) is 37.5 Å². The van der Waals surface area contributed by atoms with Crippen LogP contribution < -0.4 is 0 Å². The monoisotopic (exact) mass is 497 g/mol. The predicted molar refractivity (Wildman–Crippen MR) is 158 cm³/mol. The van der Waals surface area contributed by atoms with E-state index in [1.54, 1.807) is 0 Å². The predicted octanol–water partition coefficient (Wildman–Crippen LogP) is 12.4. The minimum absolute atomic E-state index is 0. The summed E-state index contributed by atoms with van der Waals surface area (Å²) in [7, 11) is 0. The van der Waals surface area contributed by atoms with Gasteiger partial charge in [-0.25, -0.2) is 0 Å². The molecule has 1 N–H and O–H groups in total. The summed E-state index contributed by atoms with van der Waals surface area (Å²) in [5.41, 5.74) is 0.670. The molecule has 0 atom stereocenters. The Hall–Kier alpha value is 0.390. The number of rotatable bonds is 28. The minimum atomic E-state index is 0. The van der Waals surface area contributed by atoms with Gasteiger partial charge in [-0.2, -0.15) is 0 Å². The highest BCUT2D eigenvalue weighted by Gasteiger charge is 2.28. The van der Waals surface area contributed by atoms with Gasteiger partial charge >= 0.3 is 0 Å². The van der Waals surface area contributed by atoms with Crippen molar-refractivity contribution in [3.63, 3.8) is 0 Å². The second kappa shape index (κ2) is 29.6. The van der Waals surface area contributed by atoms with Crippen LogP contribution in [0.15, 0.2) is 0 Å². The lowest BCUT2D eigenvalue weighted by atomic mass is 9.70. The number of hydrogen-bond acceptors (Lipinski definition) is 1. The van der Waals surface area contributed by atoms with E-state index in [1.807, 2.05) is 0 Å². The zero-order chi connectivity index (χ0) is 24.3. The zero-order valence-electron chi connectivity index (χ0n) is 24.2. The molecule has 0 heterocycles. The van der Waals surface area contributed by atoms with Crippen molar-refractivity contribution in [2.45, 2.75) is 194 Å². The summed E-state index contributed by atoms with van der Waals surface area (Å²) in [5, 5.41) is 8.85. The molecule has 0 unspecified atom stereocenters. The molecule has 0 aliphatic rings. The second-order valence-corrected chi connectivity index (χ2v) is 11.3. The van der Waals surface area contributed by atoms with Gasteiger partial charge in [0.05, 0.1) is 0 Å². The average Bonchev–Trinajstić information content (AvgIpc) is 2.83. The van der Waals surface area contributed by atoms with Gasteiger partial charge in [-0.3, -0.25) is 0 Å². The maximum atomic E-state index is 8.85. The topological polar surface area (TPSA) is 20.2 Å². The quantitative estimate of drug-likeness (QED) is 0.0841. The second-order valence-electron chi connectivity index (χ2n) is 11.3. The molecule has 0 amide bonds. The molecule has 3 radical (unpaired) electrons. The molecular formula is C32H66OP. The van der Waals surface area contributed by atoms with Gasteiger partial charge < -0.3 is 5.11 Å². The molecule has 0 rings (SSSR count). The zero-order valence-corrected chi connectivity index (χ0v) is 25.1. The Morgan fingerprint density at radius 3 is 0.853 bits per heavy atom. The highest BCUT2D eigenvalue weighted by molar-refractivity contribution is 6.92. The van der Waals surface area contributed by atoms with Crippen LogP contribution in [0.1, 0.15) is 194 Å². The van der Waals surface area contributed by atoms with Crippen molar-refractivity contribution in [1.29, 1.82) is 0 Å². The summed E-state index contributed by atoms with van der Waals surface area (Å²) >= 11 is 0. The van der Waals surface area contributed by atoms with E-state index in [4.69, 9.17) is 5.11 Å². The highest BCUT2D eigenvalue weighted by atomic mass is 31.0. The maximum absolute atomic E-state index is 8.85. The van der Waals surface area contributed by atoms with Gasteiger partial charge in [0.15, 0.2) is 0 Å². The summed E-state index contributed by atoms with van der Waals surface area (Å²) in [6.07, 6.45) is 38.3. The van der Waals surface area contributed by atoms with Gasteiger partial charge in [0, 0.05) is 16.5 Å². The number of hydrogen-bond donors (Lipinski definition) is 1. The average molecular weight is 498 g/mol. The van der Waals surface area contributed by atoms with E-state index in [1.165, 1.54) is 167 Å². The minimum Gasteiger partial charge on any atom is -0.396 e. The van der Waals surface area contributed by atoms with Crippen LogP contribution in [0, 0.1) is 5.41 Å². The van der Waals surface area contributed by atoms with Crippen molar-refractivity contribution in [1.82, 2.24) is 0 Å². The maximum Gasteiger partial charge on any atom is 0.0431 e. The number of unbranched alkanes of at least 4 members (excludes halogenated alkanes) is 19. The lowest BCUT2D eigenvalue weighted by molar-refractivity contribution is 0.172. The van der Waals surface area contributed by atoms with Crippen LogP contribution in [-0.4, -0.2) is 11.7 Å². The lowest BCUT2D eigenvalue weighted by Crippen LogP contribution is -2.21. The summed E-state index contributed by atoms with van der Waals surface area (Å²) in [4.78, 5) is 0. The number of aliphatic hydroxyl groups is 1. The molecule has 0 aromatic heterocycles. The van der Waals surface area contributed by atoms with Gasteiger partial charge in [-0.15, -0.1) is 0 Å². The van der Waals surface area contributed by atoms with E-state index < -0.39 is 0 Å².